The van der Waals surface area contributed by atoms with Crippen molar-refractivity contribution in [3.63, 3.8) is 0 Å². The first-order chi connectivity index (χ1) is 19.6. The van der Waals surface area contributed by atoms with Crippen molar-refractivity contribution in [2.24, 2.45) is 0 Å². The van der Waals surface area contributed by atoms with Crippen LogP contribution in [0.25, 0.3) is 28.2 Å². The van der Waals surface area contributed by atoms with Crippen molar-refractivity contribution in [2.45, 2.75) is 0 Å². The van der Waals surface area contributed by atoms with E-state index >= 15 is 0 Å². The van der Waals surface area contributed by atoms with Gasteiger partial charge in [0.1, 0.15) is 11.3 Å². The predicted molar refractivity (Wildman–Crippen MR) is 158 cm³/mol. The van der Waals surface area contributed by atoms with Gasteiger partial charge in [0.15, 0.2) is 5.65 Å². The van der Waals surface area contributed by atoms with Crippen LogP contribution in [0.5, 0.6) is 0 Å². The monoisotopic (exact) mass is 531 g/mol. The molecule has 2 aromatic carbocycles. The van der Waals surface area contributed by atoms with Crippen LogP contribution in [-0.4, -0.2) is 68.5 Å². The van der Waals surface area contributed by atoms with Gasteiger partial charge in [-0.15, -0.1) is 0 Å². The lowest BCUT2D eigenvalue weighted by atomic mass is 10.2. The number of aromatic nitrogens is 5. The topological polar surface area (TPSA) is 104 Å². The Morgan fingerprint density at radius 3 is 2.50 bits per heavy atom. The molecule has 1 saturated heterocycles. The van der Waals surface area contributed by atoms with Crippen molar-refractivity contribution < 1.29 is 4.79 Å². The molecule has 0 unspecified atom stereocenters. The molecule has 0 spiro atoms. The average Bonchev–Trinajstić information content (AvgIpc) is 3.37. The second-order valence-electron chi connectivity index (χ2n) is 9.59. The van der Waals surface area contributed by atoms with Gasteiger partial charge in [-0.05, 0) is 61.7 Å². The Kier molecular flexibility index (Phi) is 6.90. The summed E-state index contributed by atoms with van der Waals surface area (Å²) in [5.41, 5.74) is 5.40. The molecule has 0 saturated carbocycles. The molecule has 5 aromatic rings. The molecule has 10 heteroatoms. The van der Waals surface area contributed by atoms with Gasteiger partial charge in [0.05, 0.1) is 17.6 Å². The van der Waals surface area contributed by atoms with E-state index in [2.05, 4.69) is 56.2 Å². The summed E-state index contributed by atoms with van der Waals surface area (Å²) in [5, 5.41) is 6.23. The first kappa shape index (κ1) is 25.2. The van der Waals surface area contributed by atoms with Crippen LogP contribution < -0.4 is 15.5 Å². The molecule has 1 fully saturated rings. The van der Waals surface area contributed by atoms with Crippen LogP contribution in [0.4, 0.5) is 23.0 Å². The summed E-state index contributed by atoms with van der Waals surface area (Å²) in [4.78, 5) is 35.5. The Labute approximate surface area is 232 Å². The first-order valence-electron chi connectivity index (χ1n) is 13.1. The molecular weight excluding hydrogens is 502 g/mol. The fourth-order valence-electron chi connectivity index (χ4n) is 4.76. The van der Waals surface area contributed by atoms with Gasteiger partial charge < -0.3 is 20.4 Å². The van der Waals surface area contributed by atoms with E-state index in [4.69, 9.17) is 9.97 Å². The number of para-hydroxylation sites is 2. The number of carbonyl (C=O) groups is 1. The summed E-state index contributed by atoms with van der Waals surface area (Å²) in [7, 11) is 2.16. The maximum atomic E-state index is 12.2. The maximum Gasteiger partial charge on any atom is 0.247 e. The number of fused-ring (bicyclic) bond motifs is 1. The number of nitrogens with zero attached hydrogens (tertiary/aromatic N) is 7. The van der Waals surface area contributed by atoms with Gasteiger partial charge in [0, 0.05) is 55.5 Å². The molecular formula is C30H29N9O. The number of nitrogens with one attached hydrogen (secondary N) is 2. The Balaban J connectivity index is 1.38. The summed E-state index contributed by atoms with van der Waals surface area (Å²) in [6, 6.07) is 19.6. The van der Waals surface area contributed by atoms with Crippen LogP contribution in [-0.2, 0) is 4.79 Å². The summed E-state index contributed by atoms with van der Waals surface area (Å²) in [6.07, 6.45) is 6.40. The molecule has 1 amide bonds. The highest BCUT2D eigenvalue weighted by Gasteiger charge is 2.20. The lowest BCUT2D eigenvalue weighted by Crippen LogP contribution is -2.44. The second-order valence-corrected chi connectivity index (χ2v) is 9.59. The van der Waals surface area contributed by atoms with E-state index in [1.807, 2.05) is 53.1 Å². The van der Waals surface area contributed by atoms with Crippen molar-refractivity contribution in [3.05, 3.63) is 91.9 Å². The molecule has 0 aliphatic carbocycles. The molecule has 0 radical (unpaired) electrons. The molecule has 40 heavy (non-hydrogen) atoms. The minimum absolute atomic E-state index is 0.309. The van der Waals surface area contributed by atoms with Gasteiger partial charge >= 0.3 is 0 Å². The lowest BCUT2D eigenvalue weighted by molar-refractivity contribution is -0.111. The Bertz CT molecular complexity index is 1660. The molecule has 10 nitrogen and oxygen atoms in total. The molecule has 1 aliphatic heterocycles. The normalized spacial score (nSPS) is 13.8. The van der Waals surface area contributed by atoms with Gasteiger partial charge in [0.25, 0.3) is 0 Å². The van der Waals surface area contributed by atoms with Crippen LogP contribution in [0, 0.1) is 0 Å². The van der Waals surface area contributed by atoms with Crippen LogP contribution in [0.3, 0.4) is 0 Å². The fraction of sp³-hybridized carbons (Fsp3) is 0.167. The molecule has 1 aliphatic rings. The molecule has 0 atom stereocenters. The van der Waals surface area contributed by atoms with Crippen molar-refractivity contribution >= 4 is 40.1 Å². The van der Waals surface area contributed by atoms with Crippen molar-refractivity contribution in [3.8, 4) is 17.1 Å². The van der Waals surface area contributed by atoms with Crippen LogP contribution in [0.15, 0.2) is 91.9 Å². The number of benzene rings is 2. The highest BCUT2D eigenvalue weighted by atomic mass is 16.1. The van der Waals surface area contributed by atoms with Gasteiger partial charge in [-0.2, -0.15) is 4.98 Å². The quantitative estimate of drug-likeness (QED) is 0.296. The summed E-state index contributed by atoms with van der Waals surface area (Å²) < 4.78 is 1.91. The summed E-state index contributed by atoms with van der Waals surface area (Å²) in [6.45, 7) is 7.72. The average molecular weight is 532 g/mol. The Morgan fingerprint density at radius 1 is 0.950 bits per heavy atom. The fourth-order valence-corrected chi connectivity index (χ4v) is 4.76. The number of piperazine rings is 1. The van der Waals surface area contributed by atoms with E-state index in [1.54, 1.807) is 18.6 Å². The molecule has 2 N–H and O–H groups in total. The zero-order chi connectivity index (χ0) is 27.5. The van der Waals surface area contributed by atoms with E-state index in [0.29, 0.717) is 34.3 Å². The highest BCUT2D eigenvalue weighted by Crippen LogP contribution is 2.31. The molecule has 4 heterocycles. The Hall–Kier alpha value is -5.09. The Morgan fingerprint density at radius 2 is 1.75 bits per heavy atom. The number of carbonyl (C=O) groups excluding carboxylic acids is 1. The standard InChI is InChI=1S/C30H29N9O/c1-3-27(40)34-24-8-4-5-9-26(24)39-28(21-7-6-14-31-19-21)35-25-20-32-30(36-29(25)39)33-22-10-12-23(13-11-22)38-17-15-37(2)16-18-38/h3-14,19-20H,1,15-18H2,2H3,(H,34,40)(H,32,33,36). The number of imidazole rings is 1. The zero-order valence-corrected chi connectivity index (χ0v) is 22.2. The van der Waals surface area contributed by atoms with E-state index in [9.17, 15) is 4.79 Å². The molecule has 3 aromatic heterocycles. The zero-order valence-electron chi connectivity index (χ0n) is 22.2. The van der Waals surface area contributed by atoms with Gasteiger partial charge in [-0.3, -0.25) is 14.3 Å². The van der Waals surface area contributed by atoms with Crippen LogP contribution in [0.2, 0.25) is 0 Å². The molecule has 6 rings (SSSR count). The third-order valence-electron chi connectivity index (χ3n) is 6.90. The number of hydrogen-bond acceptors (Lipinski definition) is 8. The maximum absolute atomic E-state index is 12.2. The van der Waals surface area contributed by atoms with Gasteiger partial charge in [-0.1, -0.05) is 18.7 Å². The minimum Gasteiger partial charge on any atom is -0.369 e. The third kappa shape index (κ3) is 5.12. The largest absolute Gasteiger partial charge is 0.369 e. The highest BCUT2D eigenvalue weighted by molar-refractivity contribution is 6.00. The number of pyridine rings is 1. The minimum atomic E-state index is -0.309. The number of hydrogen-bond donors (Lipinski definition) is 2. The van der Waals surface area contributed by atoms with E-state index in [-0.39, 0.29) is 5.91 Å². The summed E-state index contributed by atoms with van der Waals surface area (Å²) >= 11 is 0. The van der Waals surface area contributed by atoms with E-state index in [0.717, 1.165) is 37.4 Å². The summed E-state index contributed by atoms with van der Waals surface area (Å²) in [5.74, 6) is 0.759. The predicted octanol–water partition coefficient (Wildman–Crippen LogP) is 4.50. The molecule has 200 valence electrons. The lowest BCUT2D eigenvalue weighted by Gasteiger charge is -2.34. The molecule has 0 bridgehead atoms. The number of likely N-dealkylation sites (N-methyl/N-ethyl adjacent to an activating group) is 1. The van der Waals surface area contributed by atoms with Crippen molar-refractivity contribution in [1.82, 2.24) is 29.4 Å². The van der Waals surface area contributed by atoms with Crippen LogP contribution in [0.1, 0.15) is 0 Å². The third-order valence-corrected chi connectivity index (χ3v) is 6.90. The van der Waals surface area contributed by atoms with Gasteiger partial charge in [-0.25, -0.2) is 9.97 Å². The number of amides is 1. The smallest absolute Gasteiger partial charge is 0.247 e. The van der Waals surface area contributed by atoms with Gasteiger partial charge in [0.2, 0.25) is 11.9 Å². The second kappa shape index (κ2) is 11.0. The number of anilines is 4. The SMILES string of the molecule is C=CC(=O)Nc1ccccc1-n1c(-c2cccnc2)nc2cnc(Nc3ccc(N4CCN(C)CC4)cc3)nc21. The first-order valence-corrected chi connectivity index (χ1v) is 13.1. The van der Waals surface area contributed by atoms with E-state index in [1.165, 1.54) is 11.8 Å². The van der Waals surface area contributed by atoms with Crippen molar-refractivity contribution in [2.75, 3.05) is 48.8 Å². The number of rotatable bonds is 7. The van der Waals surface area contributed by atoms with Crippen molar-refractivity contribution in [1.29, 1.82) is 0 Å². The van der Waals surface area contributed by atoms with Crippen LogP contribution >= 0.6 is 0 Å². The van der Waals surface area contributed by atoms with E-state index < -0.39 is 0 Å².